The summed E-state index contributed by atoms with van der Waals surface area (Å²) in [4.78, 5) is 11.3. The van der Waals surface area contributed by atoms with Crippen LogP contribution >= 0.6 is 0 Å². The molecule has 0 bridgehead atoms. The quantitative estimate of drug-likeness (QED) is 0.725. The number of amides is 1. The van der Waals surface area contributed by atoms with E-state index in [0.29, 0.717) is 0 Å². The van der Waals surface area contributed by atoms with Crippen molar-refractivity contribution in [1.29, 1.82) is 0 Å². The average Bonchev–Trinajstić information content (AvgIpc) is 2.26. The number of hydrogen-bond donors (Lipinski definition) is 2. The molecule has 0 aliphatic heterocycles. The first kappa shape index (κ1) is 4.24. The van der Waals surface area contributed by atoms with Gasteiger partial charge in [-0.05, 0) is 24.8 Å². The first-order chi connectivity index (χ1) is 8.57. The predicted octanol–water partition coefficient (Wildman–Crippen LogP) is 1.20. The zero-order chi connectivity index (χ0) is 14.8. The van der Waals surface area contributed by atoms with Gasteiger partial charge in [-0.2, -0.15) is 0 Å². The first-order valence-corrected chi connectivity index (χ1v) is 3.71. The smallest absolute Gasteiger partial charge is 0.238 e. The number of aryl methyl sites for hydroxylation is 2. The van der Waals surface area contributed by atoms with Crippen LogP contribution in [0.15, 0.2) is 18.2 Å². The van der Waals surface area contributed by atoms with Crippen LogP contribution in [0.25, 0.3) is 0 Å². The highest BCUT2D eigenvalue weighted by Gasteiger charge is 2.04. The van der Waals surface area contributed by atoms with Gasteiger partial charge < -0.3 is 11.1 Å². The van der Waals surface area contributed by atoms with E-state index >= 15 is 0 Å². The van der Waals surface area contributed by atoms with Crippen LogP contribution in [0.1, 0.15) is 19.4 Å². The Bertz CT molecular complexity index is 448. The van der Waals surface area contributed by atoms with Crippen molar-refractivity contribution in [2.24, 2.45) is 5.73 Å². The minimum absolute atomic E-state index is 0.210. The van der Waals surface area contributed by atoms with Crippen molar-refractivity contribution in [3.05, 3.63) is 29.3 Å². The highest BCUT2D eigenvalue weighted by molar-refractivity contribution is 5.93. The third-order valence-corrected chi connectivity index (χ3v) is 1.51. The van der Waals surface area contributed by atoms with Gasteiger partial charge in [-0.15, -0.1) is 0 Å². The Kier molecular flexibility index (Phi) is 1.32. The van der Waals surface area contributed by atoms with Gasteiger partial charge in [0.05, 0.1) is 6.54 Å². The van der Waals surface area contributed by atoms with Crippen molar-refractivity contribution in [3.8, 4) is 0 Å². The topological polar surface area (TPSA) is 55.1 Å². The Morgan fingerprint density at radius 3 is 2.62 bits per heavy atom. The summed E-state index contributed by atoms with van der Waals surface area (Å²) in [5.41, 5.74) is 4.50. The molecule has 3 heteroatoms. The molecule has 13 heavy (non-hydrogen) atoms. The number of rotatable bonds is 2. The molecule has 0 fully saturated rings. The fourth-order valence-corrected chi connectivity index (χ4v) is 0.877. The van der Waals surface area contributed by atoms with Crippen LogP contribution in [-0.2, 0) is 4.79 Å². The molecule has 3 N–H and O–H groups in total. The maximum Gasteiger partial charge on any atom is 0.238 e. The monoisotopic (exact) mass is 184 g/mol. The molecule has 0 atom stereocenters. The van der Waals surface area contributed by atoms with Gasteiger partial charge in [-0.3, -0.25) is 4.79 Å². The van der Waals surface area contributed by atoms with Crippen LogP contribution < -0.4 is 11.1 Å². The molecule has 0 heterocycles. The SMILES string of the molecule is [2H]C([2H])([2H])c1cccc(C([2H])([2H])[2H])c1NC(=O)CN. The maximum absolute atomic E-state index is 11.3. The summed E-state index contributed by atoms with van der Waals surface area (Å²) in [7, 11) is 0. The standard InChI is InChI=1S/C10H14N2O/c1-7-4-3-5-8(2)10(7)12-9(13)6-11/h3-5H,6,11H2,1-2H3,(H,12,13)/i1D3,2D3. The summed E-state index contributed by atoms with van der Waals surface area (Å²) in [6.45, 7) is -5.42. The second kappa shape index (κ2) is 4.05. The molecule has 0 saturated carbocycles. The van der Waals surface area contributed by atoms with Gasteiger partial charge in [-0.25, -0.2) is 0 Å². The molecular weight excluding hydrogens is 164 g/mol. The largest absolute Gasteiger partial charge is 0.324 e. The van der Waals surface area contributed by atoms with Gasteiger partial charge in [0.2, 0.25) is 5.91 Å². The minimum Gasteiger partial charge on any atom is -0.324 e. The Morgan fingerprint density at radius 1 is 1.54 bits per heavy atom. The number of para-hydroxylation sites is 1. The van der Waals surface area contributed by atoms with Crippen LogP contribution in [-0.4, -0.2) is 12.5 Å². The summed E-state index contributed by atoms with van der Waals surface area (Å²) in [5.74, 6) is -0.651. The van der Waals surface area contributed by atoms with E-state index < -0.39 is 19.6 Å². The summed E-state index contributed by atoms with van der Waals surface area (Å²) >= 11 is 0. The second-order valence-corrected chi connectivity index (χ2v) is 2.48. The summed E-state index contributed by atoms with van der Waals surface area (Å²) in [6, 6.07) is 3.85. The Labute approximate surface area is 86.4 Å². The van der Waals surface area contributed by atoms with Gasteiger partial charge in [0, 0.05) is 13.9 Å². The summed E-state index contributed by atoms with van der Waals surface area (Å²) < 4.78 is 44.3. The number of hydrogen-bond acceptors (Lipinski definition) is 2. The molecule has 70 valence electrons. The fraction of sp³-hybridized carbons (Fsp3) is 0.300. The van der Waals surface area contributed by atoms with Crippen LogP contribution in [0.2, 0.25) is 0 Å². The lowest BCUT2D eigenvalue weighted by molar-refractivity contribution is -0.114. The predicted molar refractivity (Wildman–Crippen MR) is 53.6 cm³/mol. The molecular formula is C10H14N2O. The third kappa shape index (κ3) is 2.29. The van der Waals surface area contributed by atoms with Crippen LogP contribution in [0.4, 0.5) is 5.69 Å². The van der Waals surface area contributed by atoms with Crippen molar-refractivity contribution in [1.82, 2.24) is 0 Å². The lowest BCUT2D eigenvalue weighted by atomic mass is 10.1. The Balaban J connectivity index is 3.45. The fourth-order valence-electron chi connectivity index (χ4n) is 0.877. The van der Waals surface area contributed by atoms with Gasteiger partial charge in [0.15, 0.2) is 0 Å². The van der Waals surface area contributed by atoms with E-state index in [4.69, 9.17) is 14.0 Å². The zero-order valence-corrected chi connectivity index (χ0v) is 6.92. The normalized spacial score (nSPS) is 18.5. The van der Waals surface area contributed by atoms with Crippen molar-refractivity contribution in [2.75, 3.05) is 11.9 Å². The number of nitrogens with one attached hydrogen (secondary N) is 1. The molecule has 0 radical (unpaired) electrons. The van der Waals surface area contributed by atoms with E-state index in [2.05, 4.69) is 5.32 Å². The maximum atomic E-state index is 11.3. The van der Waals surface area contributed by atoms with Crippen molar-refractivity contribution >= 4 is 11.6 Å². The number of nitrogens with two attached hydrogens (primary N) is 1. The summed E-state index contributed by atoms with van der Waals surface area (Å²) in [5, 5.41) is 2.26. The van der Waals surface area contributed by atoms with E-state index in [0.717, 1.165) is 0 Å². The molecule has 1 aromatic rings. The van der Waals surface area contributed by atoms with E-state index in [1.807, 2.05) is 0 Å². The number of benzene rings is 1. The molecule has 1 aromatic carbocycles. The molecule has 1 rings (SSSR count). The number of carbonyl (C=O) groups excluding carboxylic acids is 1. The molecule has 0 spiro atoms. The summed E-state index contributed by atoms with van der Waals surface area (Å²) in [6.07, 6.45) is 0. The average molecular weight is 184 g/mol. The zero-order valence-electron chi connectivity index (χ0n) is 12.9. The van der Waals surface area contributed by atoms with Gasteiger partial charge in [0.25, 0.3) is 0 Å². The minimum atomic E-state index is -2.53. The molecule has 1 amide bonds. The highest BCUT2D eigenvalue weighted by atomic mass is 16.1. The van der Waals surface area contributed by atoms with Crippen LogP contribution in [0.5, 0.6) is 0 Å². The lowest BCUT2D eigenvalue weighted by Gasteiger charge is -2.09. The van der Waals surface area contributed by atoms with Crippen LogP contribution in [0.3, 0.4) is 0 Å². The molecule has 0 aliphatic carbocycles. The second-order valence-electron chi connectivity index (χ2n) is 2.48. The molecule has 0 aromatic heterocycles. The van der Waals surface area contributed by atoms with Crippen molar-refractivity contribution in [3.63, 3.8) is 0 Å². The van der Waals surface area contributed by atoms with Gasteiger partial charge in [-0.1, -0.05) is 18.2 Å². The van der Waals surface area contributed by atoms with E-state index in [1.54, 1.807) is 0 Å². The Hall–Kier alpha value is -1.35. The molecule has 0 aliphatic rings. The van der Waals surface area contributed by atoms with Gasteiger partial charge >= 0.3 is 0 Å². The molecule has 3 nitrogen and oxygen atoms in total. The number of anilines is 1. The van der Waals surface area contributed by atoms with E-state index in [-0.39, 0.29) is 23.4 Å². The Morgan fingerprint density at radius 2 is 2.15 bits per heavy atom. The lowest BCUT2D eigenvalue weighted by Crippen LogP contribution is -2.22. The highest BCUT2D eigenvalue weighted by Crippen LogP contribution is 2.18. The van der Waals surface area contributed by atoms with E-state index in [1.165, 1.54) is 18.2 Å². The van der Waals surface area contributed by atoms with E-state index in [9.17, 15) is 4.79 Å². The number of carbonyl (C=O) groups is 1. The molecule has 0 saturated heterocycles. The first-order valence-electron chi connectivity index (χ1n) is 6.71. The van der Waals surface area contributed by atoms with Crippen molar-refractivity contribution < 1.29 is 13.0 Å². The van der Waals surface area contributed by atoms with Crippen LogP contribution in [0, 0.1) is 13.7 Å². The third-order valence-electron chi connectivity index (χ3n) is 1.51. The van der Waals surface area contributed by atoms with Crippen molar-refractivity contribution in [2.45, 2.75) is 13.7 Å². The van der Waals surface area contributed by atoms with Gasteiger partial charge in [0.1, 0.15) is 0 Å². The molecule has 0 unspecified atom stereocenters.